The molecule has 3 aliphatic rings. The number of urea groups is 1. The lowest BCUT2D eigenvalue weighted by molar-refractivity contribution is 0.0658. The molecule has 182 valence electrons. The summed E-state index contributed by atoms with van der Waals surface area (Å²) in [6, 6.07) is 11.7. The van der Waals surface area contributed by atoms with E-state index in [1.807, 2.05) is 11.0 Å². The molecule has 1 saturated carbocycles. The largest absolute Gasteiger partial charge is 0.356 e. The summed E-state index contributed by atoms with van der Waals surface area (Å²) < 4.78 is 28.9. The first-order valence-electron chi connectivity index (χ1n) is 11.9. The Morgan fingerprint density at radius 1 is 1.12 bits per heavy atom. The van der Waals surface area contributed by atoms with Crippen LogP contribution >= 0.6 is 9.24 Å². The third kappa shape index (κ3) is 3.95. The monoisotopic (exact) mass is 487 g/mol. The Bertz CT molecular complexity index is 1060. The van der Waals surface area contributed by atoms with E-state index in [1.165, 1.54) is 11.6 Å². The number of alkyl halides is 2. The van der Waals surface area contributed by atoms with Crippen molar-refractivity contribution in [3.63, 3.8) is 0 Å². The van der Waals surface area contributed by atoms with Gasteiger partial charge in [0.15, 0.2) is 0 Å². The minimum absolute atomic E-state index is 0.0836. The van der Waals surface area contributed by atoms with Crippen LogP contribution in [0.5, 0.6) is 0 Å². The highest BCUT2D eigenvalue weighted by atomic mass is 31.0. The maximum absolute atomic E-state index is 14.4. The van der Waals surface area contributed by atoms with Gasteiger partial charge in [-0.3, -0.25) is 9.80 Å². The molecule has 1 N–H and O–H groups in total. The molecule has 1 atom stereocenters. The predicted octanol–water partition coefficient (Wildman–Crippen LogP) is 4.52. The number of rotatable bonds is 5. The van der Waals surface area contributed by atoms with Crippen LogP contribution in [-0.4, -0.2) is 55.2 Å². The Labute approximate surface area is 201 Å². The van der Waals surface area contributed by atoms with Crippen LogP contribution in [0.15, 0.2) is 42.6 Å². The molecular formula is C25H32F2N5OP. The van der Waals surface area contributed by atoms with Crippen molar-refractivity contribution in [3.8, 4) is 0 Å². The topological polar surface area (TPSA) is 51.7 Å². The molecule has 0 bridgehead atoms. The average molecular weight is 488 g/mol. The molecule has 5 rings (SSSR count). The van der Waals surface area contributed by atoms with Crippen molar-refractivity contribution in [2.24, 2.45) is 0 Å². The minimum atomic E-state index is -3.12. The lowest BCUT2D eigenvalue weighted by Gasteiger charge is -2.48. The Balaban J connectivity index is 1.38. The Morgan fingerprint density at radius 2 is 1.79 bits per heavy atom. The Morgan fingerprint density at radius 3 is 2.35 bits per heavy atom. The molecule has 3 heterocycles. The number of aromatic nitrogens is 1. The van der Waals surface area contributed by atoms with E-state index < -0.39 is 5.66 Å². The van der Waals surface area contributed by atoms with Crippen molar-refractivity contribution in [2.45, 2.75) is 48.8 Å². The fourth-order valence-electron chi connectivity index (χ4n) is 5.70. The molecule has 2 aliphatic heterocycles. The van der Waals surface area contributed by atoms with Gasteiger partial charge in [0.2, 0.25) is 0 Å². The van der Waals surface area contributed by atoms with Crippen LogP contribution in [0.25, 0.3) is 0 Å². The number of benzene rings is 1. The lowest BCUT2D eigenvalue weighted by Crippen LogP contribution is -2.54. The zero-order chi connectivity index (χ0) is 24.1. The number of halogens is 2. The van der Waals surface area contributed by atoms with Crippen LogP contribution in [0.2, 0.25) is 0 Å². The summed E-state index contributed by atoms with van der Waals surface area (Å²) >= 11 is 0. The van der Waals surface area contributed by atoms with E-state index in [4.69, 9.17) is 0 Å². The van der Waals surface area contributed by atoms with E-state index in [2.05, 4.69) is 53.6 Å². The second-order valence-electron chi connectivity index (χ2n) is 10.1. The molecule has 1 aromatic heterocycles. The molecule has 2 saturated heterocycles. The first-order valence-corrected chi connectivity index (χ1v) is 12.5. The lowest BCUT2D eigenvalue weighted by atomic mass is 9.69. The molecule has 0 radical (unpaired) electrons. The van der Waals surface area contributed by atoms with Gasteiger partial charge in [-0.2, -0.15) is 8.78 Å². The minimum Gasteiger partial charge on any atom is -0.356 e. The number of carbonyl (C=O) groups is 1. The molecule has 6 nitrogen and oxygen atoms in total. The molecule has 1 aliphatic carbocycles. The summed E-state index contributed by atoms with van der Waals surface area (Å²) in [5.74, 6) is 0.306. The van der Waals surface area contributed by atoms with Crippen LogP contribution in [0, 0.1) is 0 Å². The zero-order valence-corrected chi connectivity index (χ0v) is 20.9. The number of anilines is 2. The number of nitrogens with one attached hydrogen (secondary N) is 1. The summed E-state index contributed by atoms with van der Waals surface area (Å²) in [6.45, 7) is 1.90. The van der Waals surface area contributed by atoms with Gasteiger partial charge in [0.1, 0.15) is 5.82 Å². The Kier molecular flexibility index (Phi) is 5.80. The number of amides is 2. The van der Waals surface area contributed by atoms with Crippen LogP contribution in [0.4, 0.5) is 25.1 Å². The number of carbonyl (C=O) groups excluding carboxylic acids is 1. The molecule has 1 spiro atoms. The second kappa shape index (κ2) is 8.42. The van der Waals surface area contributed by atoms with Gasteiger partial charge >= 0.3 is 6.03 Å². The normalized spacial score (nSPS) is 27.3. The van der Waals surface area contributed by atoms with Gasteiger partial charge in [0.25, 0.3) is 5.66 Å². The van der Waals surface area contributed by atoms with Crippen LogP contribution in [0.1, 0.15) is 43.2 Å². The van der Waals surface area contributed by atoms with Gasteiger partial charge in [0.05, 0.1) is 29.5 Å². The zero-order valence-electron chi connectivity index (χ0n) is 19.7. The quantitative estimate of drug-likeness (QED) is 0.631. The number of nitrogens with zero attached hydrogens (tertiary/aromatic N) is 4. The fourth-order valence-corrected chi connectivity index (χ4v) is 5.92. The average Bonchev–Trinajstić information content (AvgIpc) is 3.09. The highest BCUT2D eigenvalue weighted by molar-refractivity contribution is 7.17. The van der Waals surface area contributed by atoms with E-state index in [-0.39, 0.29) is 22.7 Å². The molecular weight excluding hydrogens is 455 g/mol. The van der Waals surface area contributed by atoms with Crippen molar-refractivity contribution in [1.29, 1.82) is 0 Å². The number of hydrogen-bond acceptors (Lipinski definition) is 4. The summed E-state index contributed by atoms with van der Waals surface area (Å²) in [6.07, 6.45) is 5.96. The van der Waals surface area contributed by atoms with E-state index in [0.29, 0.717) is 18.1 Å². The maximum Gasteiger partial charge on any atom is 0.322 e. The van der Waals surface area contributed by atoms with Crippen molar-refractivity contribution in [3.05, 3.63) is 53.7 Å². The molecule has 2 aromatic rings. The first kappa shape index (κ1) is 23.4. The molecule has 3 fully saturated rings. The third-order valence-corrected chi connectivity index (χ3v) is 8.27. The molecule has 1 unspecified atom stereocenters. The maximum atomic E-state index is 14.4. The summed E-state index contributed by atoms with van der Waals surface area (Å²) in [5, 5.41) is 3.20. The molecule has 1 aromatic carbocycles. The summed E-state index contributed by atoms with van der Waals surface area (Å²) in [7, 11) is 5.84. The van der Waals surface area contributed by atoms with Crippen molar-refractivity contribution in [1.82, 2.24) is 15.2 Å². The smallest absolute Gasteiger partial charge is 0.322 e. The van der Waals surface area contributed by atoms with Gasteiger partial charge in [-0.15, -0.1) is 0 Å². The van der Waals surface area contributed by atoms with Gasteiger partial charge in [-0.05, 0) is 57.8 Å². The standard InChI is InChI=1S/C25H32F2N5OP/c1-30(2)24(18-7-4-3-5-8-18)11-9-23(10-12-24)17-32(22(33)29-23)19-15-20(25(26,27)34)21(28-16-19)31-13-6-14-31/h3-5,7-8,15-16H,6,9-14,17,34H2,1-2H3,(H,29,33). The van der Waals surface area contributed by atoms with Gasteiger partial charge in [-0.1, -0.05) is 39.6 Å². The number of pyridine rings is 1. The van der Waals surface area contributed by atoms with E-state index in [1.54, 1.807) is 20.3 Å². The first-order chi connectivity index (χ1) is 16.1. The van der Waals surface area contributed by atoms with Crippen LogP contribution in [0.3, 0.4) is 0 Å². The van der Waals surface area contributed by atoms with Crippen LogP contribution < -0.4 is 15.1 Å². The second-order valence-corrected chi connectivity index (χ2v) is 10.8. The van der Waals surface area contributed by atoms with Crippen LogP contribution in [-0.2, 0) is 11.2 Å². The molecule has 34 heavy (non-hydrogen) atoms. The van der Waals surface area contributed by atoms with Gasteiger partial charge in [0, 0.05) is 18.6 Å². The fraction of sp³-hybridized carbons (Fsp3) is 0.520. The Hall–Kier alpha value is -2.31. The van der Waals surface area contributed by atoms with E-state index in [0.717, 1.165) is 45.2 Å². The van der Waals surface area contributed by atoms with E-state index >= 15 is 0 Å². The predicted molar refractivity (Wildman–Crippen MR) is 134 cm³/mol. The van der Waals surface area contributed by atoms with Gasteiger partial charge in [-0.25, -0.2) is 9.78 Å². The highest BCUT2D eigenvalue weighted by Crippen LogP contribution is 2.47. The molecule has 2 amide bonds. The van der Waals surface area contributed by atoms with Crippen molar-refractivity contribution >= 4 is 26.8 Å². The van der Waals surface area contributed by atoms with Crippen molar-refractivity contribution in [2.75, 3.05) is 43.5 Å². The molecule has 9 heteroatoms. The highest BCUT2D eigenvalue weighted by Gasteiger charge is 2.50. The summed E-state index contributed by atoms with van der Waals surface area (Å²) in [5.41, 5.74) is -2.02. The van der Waals surface area contributed by atoms with E-state index in [9.17, 15) is 13.6 Å². The SMILES string of the molecule is CN(C)C1(c2ccccc2)CCC2(CC1)CN(c1cnc(N3CCC3)c(C(F)(F)P)c1)C(=O)N2. The number of hydrogen-bond donors (Lipinski definition) is 1. The summed E-state index contributed by atoms with van der Waals surface area (Å²) in [4.78, 5) is 23.1. The third-order valence-electron chi connectivity index (χ3n) is 7.96. The van der Waals surface area contributed by atoms with Gasteiger partial charge < -0.3 is 10.2 Å². The van der Waals surface area contributed by atoms with Crippen molar-refractivity contribution < 1.29 is 13.6 Å².